The van der Waals surface area contributed by atoms with Crippen LogP contribution in [-0.4, -0.2) is 5.91 Å². The van der Waals surface area contributed by atoms with Gasteiger partial charge in [-0.05, 0) is 5.56 Å². The summed E-state index contributed by atoms with van der Waals surface area (Å²) in [5.41, 5.74) is 6.48. The maximum Gasteiger partial charge on any atom is 0.226 e. The lowest BCUT2D eigenvalue weighted by atomic mass is 10.0. The highest BCUT2D eigenvalue weighted by atomic mass is 19.2. The summed E-state index contributed by atoms with van der Waals surface area (Å²) in [5, 5.41) is 2.29. The number of hydrogen-bond acceptors (Lipinski definition) is 2. The van der Waals surface area contributed by atoms with Crippen LogP contribution in [-0.2, 0) is 4.79 Å². The molecule has 0 aliphatic rings. The van der Waals surface area contributed by atoms with E-state index >= 15 is 0 Å². The van der Waals surface area contributed by atoms with E-state index in [-0.39, 0.29) is 12.1 Å². The van der Waals surface area contributed by atoms with Crippen molar-refractivity contribution in [2.75, 3.05) is 5.32 Å². The van der Waals surface area contributed by atoms with Crippen molar-refractivity contribution in [1.29, 1.82) is 0 Å². The summed E-state index contributed by atoms with van der Waals surface area (Å²) in [6, 6.07) is 9.83. The number of amides is 1. The van der Waals surface area contributed by atoms with E-state index < -0.39 is 29.4 Å². The van der Waals surface area contributed by atoms with Gasteiger partial charge in [0.25, 0.3) is 0 Å². The molecule has 0 saturated carbocycles. The number of anilines is 1. The molecule has 1 atom stereocenters. The molecule has 0 saturated heterocycles. The topological polar surface area (TPSA) is 55.1 Å². The molecule has 2 aromatic rings. The normalized spacial score (nSPS) is 12.0. The van der Waals surface area contributed by atoms with Crippen LogP contribution in [0.3, 0.4) is 0 Å². The van der Waals surface area contributed by atoms with Gasteiger partial charge in [0.2, 0.25) is 5.91 Å². The van der Waals surface area contributed by atoms with E-state index in [9.17, 15) is 18.0 Å². The summed E-state index contributed by atoms with van der Waals surface area (Å²) >= 11 is 0. The Hall–Kier alpha value is -2.34. The molecule has 6 heteroatoms. The Kier molecular flexibility index (Phi) is 4.59. The van der Waals surface area contributed by atoms with E-state index in [1.54, 1.807) is 24.3 Å². The average molecular weight is 294 g/mol. The molecule has 0 aliphatic carbocycles. The zero-order chi connectivity index (χ0) is 15.4. The minimum absolute atomic E-state index is 0.0649. The zero-order valence-electron chi connectivity index (χ0n) is 10.9. The predicted molar refractivity (Wildman–Crippen MR) is 72.9 cm³/mol. The minimum atomic E-state index is -1.58. The first-order valence-electron chi connectivity index (χ1n) is 6.22. The quantitative estimate of drug-likeness (QED) is 0.851. The second-order valence-corrected chi connectivity index (χ2v) is 4.52. The van der Waals surface area contributed by atoms with Gasteiger partial charge in [-0.15, -0.1) is 0 Å². The number of nitrogens with one attached hydrogen (secondary N) is 1. The van der Waals surface area contributed by atoms with E-state index in [1.165, 1.54) is 0 Å². The summed E-state index contributed by atoms with van der Waals surface area (Å²) in [6.07, 6.45) is -0.0649. The summed E-state index contributed by atoms with van der Waals surface area (Å²) in [5.74, 6) is -4.82. The smallest absolute Gasteiger partial charge is 0.226 e. The van der Waals surface area contributed by atoms with Crippen LogP contribution >= 0.6 is 0 Å². The molecule has 0 radical (unpaired) electrons. The molecule has 3 nitrogen and oxygen atoms in total. The third-order valence-corrected chi connectivity index (χ3v) is 2.90. The molecule has 0 spiro atoms. The zero-order valence-corrected chi connectivity index (χ0v) is 10.9. The van der Waals surface area contributed by atoms with Gasteiger partial charge < -0.3 is 11.1 Å². The first-order chi connectivity index (χ1) is 9.97. The maximum atomic E-state index is 13.0. The number of halogens is 3. The standard InChI is InChI=1S/C15H13F3N2O/c16-11-6-10(7-12(17)15(11)18)20-14(21)8-13(19)9-4-2-1-3-5-9/h1-7,13H,8,19H2,(H,20,21). The molecule has 0 bridgehead atoms. The van der Waals surface area contributed by atoms with E-state index in [0.29, 0.717) is 12.1 Å². The SMILES string of the molecule is NC(CC(=O)Nc1cc(F)c(F)c(F)c1)c1ccccc1. The van der Waals surface area contributed by atoms with Crippen LogP contribution in [0, 0.1) is 17.5 Å². The molecule has 0 aromatic heterocycles. The van der Waals surface area contributed by atoms with Crippen LogP contribution in [0.15, 0.2) is 42.5 Å². The Balaban J connectivity index is 2.02. The predicted octanol–water partition coefficient (Wildman–Crippen LogP) is 3.13. The first-order valence-corrected chi connectivity index (χ1v) is 6.22. The largest absolute Gasteiger partial charge is 0.326 e. The van der Waals surface area contributed by atoms with Crippen molar-refractivity contribution >= 4 is 11.6 Å². The highest BCUT2D eigenvalue weighted by Gasteiger charge is 2.14. The van der Waals surface area contributed by atoms with Crippen LogP contribution in [0.1, 0.15) is 18.0 Å². The second-order valence-electron chi connectivity index (χ2n) is 4.52. The van der Waals surface area contributed by atoms with Gasteiger partial charge in [0.15, 0.2) is 17.5 Å². The number of nitrogens with two attached hydrogens (primary N) is 1. The Morgan fingerprint density at radius 1 is 1.10 bits per heavy atom. The van der Waals surface area contributed by atoms with E-state index in [0.717, 1.165) is 5.56 Å². The Labute approximate surface area is 119 Å². The first kappa shape index (κ1) is 15.1. The van der Waals surface area contributed by atoms with Crippen molar-refractivity contribution in [3.63, 3.8) is 0 Å². The van der Waals surface area contributed by atoms with E-state index in [2.05, 4.69) is 5.32 Å². The van der Waals surface area contributed by atoms with Crippen molar-refractivity contribution in [2.24, 2.45) is 5.73 Å². The average Bonchev–Trinajstić information content (AvgIpc) is 2.45. The van der Waals surface area contributed by atoms with Crippen molar-refractivity contribution in [1.82, 2.24) is 0 Å². The van der Waals surface area contributed by atoms with Gasteiger partial charge in [0, 0.05) is 30.3 Å². The lowest BCUT2D eigenvalue weighted by molar-refractivity contribution is -0.116. The maximum absolute atomic E-state index is 13.0. The van der Waals surface area contributed by atoms with Crippen molar-refractivity contribution < 1.29 is 18.0 Å². The van der Waals surface area contributed by atoms with Gasteiger partial charge in [-0.2, -0.15) is 0 Å². The number of carbonyl (C=O) groups is 1. The van der Waals surface area contributed by atoms with Crippen LogP contribution < -0.4 is 11.1 Å². The van der Waals surface area contributed by atoms with E-state index in [1.807, 2.05) is 6.07 Å². The number of hydrogen-bond donors (Lipinski definition) is 2. The molecule has 3 N–H and O–H groups in total. The van der Waals surface area contributed by atoms with Crippen molar-refractivity contribution in [2.45, 2.75) is 12.5 Å². The highest BCUT2D eigenvalue weighted by molar-refractivity contribution is 5.91. The summed E-state index contributed by atoms with van der Waals surface area (Å²) < 4.78 is 38.9. The highest BCUT2D eigenvalue weighted by Crippen LogP contribution is 2.19. The van der Waals surface area contributed by atoms with Crippen molar-refractivity contribution in [3.8, 4) is 0 Å². The van der Waals surface area contributed by atoms with Gasteiger partial charge in [0.05, 0.1) is 0 Å². The third kappa shape index (κ3) is 3.82. The fraction of sp³-hybridized carbons (Fsp3) is 0.133. The summed E-state index contributed by atoms with van der Waals surface area (Å²) in [4.78, 5) is 11.8. The van der Waals surface area contributed by atoms with Gasteiger partial charge in [0.1, 0.15) is 0 Å². The summed E-state index contributed by atoms with van der Waals surface area (Å²) in [7, 11) is 0. The number of benzene rings is 2. The van der Waals surface area contributed by atoms with Gasteiger partial charge in [-0.1, -0.05) is 30.3 Å². The van der Waals surface area contributed by atoms with Crippen LogP contribution in [0.25, 0.3) is 0 Å². The molecule has 0 heterocycles. The molecule has 2 rings (SSSR count). The molecule has 2 aromatic carbocycles. The van der Waals surface area contributed by atoms with E-state index in [4.69, 9.17) is 5.73 Å². The lowest BCUT2D eigenvalue weighted by Gasteiger charge is -2.12. The molecule has 110 valence electrons. The minimum Gasteiger partial charge on any atom is -0.326 e. The molecular formula is C15H13F3N2O. The van der Waals surface area contributed by atoms with Crippen molar-refractivity contribution in [3.05, 3.63) is 65.5 Å². The Bertz CT molecular complexity index is 624. The molecule has 1 unspecified atom stereocenters. The fourth-order valence-electron chi connectivity index (χ4n) is 1.86. The summed E-state index contributed by atoms with van der Waals surface area (Å²) in [6.45, 7) is 0. The molecule has 1 amide bonds. The molecule has 0 aliphatic heterocycles. The number of rotatable bonds is 4. The van der Waals surface area contributed by atoms with Gasteiger partial charge in [-0.25, -0.2) is 13.2 Å². The molecular weight excluding hydrogens is 281 g/mol. The van der Waals surface area contributed by atoms with Crippen LogP contribution in [0.2, 0.25) is 0 Å². The third-order valence-electron chi connectivity index (χ3n) is 2.90. The molecule has 21 heavy (non-hydrogen) atoms. The van der Waals surface area contributed by atoms with Crippen LogP contribution in [0.4, 0.5) is 18.9 Å². The second kappa shape index (κ2) is 6.41. The van der Waals surface area contributed by atoms with Gasteiger partial charge >= 0.3 is 0 Å². The number of carbonyl (C=O) groups excluding carboxylic acids is 1. The monoisotopic (exact) mass is 294 g/mol. The lowest BCUT2D eigenvalue weighted by Crippen LogP contribution is -2.20. The molecule has 0 fully saturated rings. The Morgan fingerprint density at radius 3 is 2.24 bits per heavy atom. The van der Waals surface area contributed by atoms with Crippen LogP contribution in [0.5, 0.6) is 0 Å². The van der Waals surface area contributed by atoms with Gasteiger partial charge in [-0.3, -0.25) is 4.79 Å². The fourth-order valence-corrected chi connectivity index (χ4v) is 1.86. The Morgan fingerprint density at radius 2 is 1.67 bits per heavy atom.